The molecule has 2 aromatic carbocycles. The van der Waals surface area contributed by atoms with Crippen LogP contribution < -0.4 is 25.1 Å². The van der Waals surface area contributed by atoms with Crippen molar-refractivity contribution in [2.45, 2.75) is 25.4 Å². The highest BCUT2D eigenvalue weighted by Crippen LogP contribution is 2.30. The highest BCUT2D eigenvalue weighted by molar-refractivity contribution is 5.95. The molecule has 0 radical (unpaired) electrons. The Morgan fingerprint density at radius 2 is 1.76 bits per heavy atom. The molecule has 5 rings (SSSR count). The standard InChI is InChI=1S/C26H29N3O5/c1-32-21-5-2-18-4-7-25(30)29(22(18)17-21)13-12-28-10-8-20(9-11-28)27-26(31)19-3-6-23-24(16-19)34-15-14-33-23/h2-7,16-17,20H,8-15H2,1H3,(H,27,31). The third kappa shape index (κ3) is 4.72. The van der Waals surface area contributed by atoms with Crippen LogP contribution in [0, 0.1) is 0 Å². The van der Waals surface area contributed by atoms with E-state index in [4.69, 9.17) is 14.2 Å². The number of ether oxygens (including phenoxy) is 3. The number of rotatable bonds is 6. The van der Waals surface area contributed by atoms with Gasteiger partial charge in [-0.05, 0) is 54.6 Å². The molecule has 0 atom stereocenters. The Morgan fingerprint density at radius 1 is 1.00 bits per heavy atom. The van der Waals surface area contributed by atoms with Crippen LogP contribution in [-0.2, 0) is 6.54 Å². The first-order valence-corrected chi connectivity index (χ1v) is 11.7. The molecule has 3 aromatic rings. The quantitative estimate of drug-likeness (QED) is 0.605. The molecule has 0 bridgehead atoms. The first-order valence-electron chi connectivity index (χ1n) is 11.7. The number of fused-ring (bicyclic) bond motifs is 2. The average molecular weight is 464 g/mol. The van der Waals surface area contributed by atoms with E-state index in [2.05, 4.69) is 10.2 Å². The van der Waals surface area contributed by atoms with Gasteiger partial charge in [0.2, 0.25) is 0 Å². The lowest BCUT2D eigenvalue weighted by Gasteiger charge is -2.32. The molecule has 8 heteroatoms. The van der Waals surface area contributed by atoms with Gasteiger partial charge in [0.15, 0.2) is 11.5 Å². The van der Waals surface area contributed by atoms with Crippen molar-refractivity contribution in [1.82, 2.24) is 14.8 Å². The van der Waals surface area contributed by atoms with Crippen LogP contribution in [0.2, 0.25) is 0 Å². The van der Waals surface area contributed by atoms with Gasteiger partial charge >= 0.3 is 0 Å². The Hall–Kier alpha value is -3.52. The van der Waals surface area contributed by atoms with Crippen LogP contribution in [0.4, 0.5) is 0 Å². The van der Waals surface area contributed by atoms with Gasteiger partial charge in [0.25, 0.3) is 11.5 Å². The summed E-state index contributed by atoms with van der Waals surface area (Å²) in [5.74, 6) is 1.95. The van der Waals surface area contributed by atoms with Crippen molar-refractivity contribution in [2.24, 2.45) is 0 Å². The number of methoxy groups -OCH3 is 1. The zero-order valence-electron chi connectivity index (χ0n) is 19.3. The van der Waals surface area contributed by atoms with Crippen molar-refractivity contribution in [3.05, 3.63) is 64.4 Å². The number of hydrogen-bond acceptors (Lipinski definition) is 6. The van der Waals surface area contributed by atoms with E-state index in [1.807, 2.05) is 28.8 Å². The number of benzene rings is 2. The third-order valence-corrected chi connectivity index (χ3v) is 6.57. The molecule has 34 heavy (non-hydrogen) atoms. The molecule has 1 aromatic heterocycles. The van der Waals surface area contributed by atoms with E-state index in [0.29, 0.717) is 36.8 Å². The molecule has 178 valence electrons. The van der Waals surface area contributed by atoms with E-state index < -0.39 is 0 Å². The minimum Gasteiger partial charge on any atom is -0.497 e. The van der Waals surface area contributed by atoms with Crippen LogP contribution >= 0.6 is 0 Å². The van der Waals surface area contributed by atoms with Crippen molar-refractivity contribution in [3.8, 4) is 17.2 Å². The van der Waals surface area contributed by atoms with Gasteiger partial charge < -0.3 is 29.0 Å². The molecule has 2 aliphatic rings. The first kappa shape index (κ1) is 22.3. The largest absolute Gasteiger partial charge is 0.497 e. The second-order valence-electron chi connectivity index (χ2n) is 8.70. The van der Waals surface area contributed by atoms with E-state index in [0.717, 1.165) is 49.1 Å². The maximum atomic E-state index is 12.7. The van der Waals surface area contributed by atoms with Crippen LogP contribution in [0.1, 0.15) is 23.2 Å². The lowest BCUT2D eigenvalue weighted by Crippen LogP contribution is -2.45. The predicted molar refractivity (Wildman–Crippen MR) is 129 cm³/mol. The summed E-state index contributed by atoms with van der Waals surface area (Å²) in [5.41, 5.74) is 1.45. The molecule has 1 saturated heterocycles. The summed E-state index contributed by atoms with van der Waals surface area (Å²) >= 11 is 0. The smallest absolute Gasteiger partial charge is 0.251 e. The summed E-state index contributed by atoms with van der Waals surface area (Å²) in [6, 6.07) is 14.7. The summed E-state index contributed by atoms with van der Waals surface area (Å²) < 4.78 is 18.3. The molecule has 0 spiro atoms. The normalized spacial score (nSPS) is 16.4. The van der Waals surface area contributed by atoms with Crippen molar-refractivity contribution in [2.75, 3.05) is 40.0 Å². The van der Waals surface area contributed by atoms with E-state index >= 15 is 0 Å². The van der Waals surface area contributed by atoms with Crippen molar-refractivity contribution in [3.63, 3.8) is 0 Å². The molecule has 3 heterocycles. The summed E-state index contributed by atoms with van der Waals surface area (Å²) in [7, 11) is 1.63. The van der Waals surface area contributed by atoms with Gasteiger partial charge in [-0.15, -0.1) is 0 Å². The molecule has 1 amide bonds. The molecular weight excluding hydrogens is 434 g/mol. The van der Waals surface area contributed by atoms with Gasteiger partial charge in [0.05, 0.1) is 12.6 Å². The molecule has 2 aliphatic heterocycles. The van der Waals surface area contributed by atoms with Gasteiger partial charge in [-0.2, -0.15) is 0 Å². The zero-order chi connectivity index (χ0) is 23.5. The summed E-state index contributed by atoms with van der Waals surface area (Å²) in [5, 5.41) is 4.17. The van der Waals surface area contributed by atoms with E-state index in [-0.39, 0.29) is 17.5 Å². The second-order valence-corrected chi connectivity index (χ2v) is 8.70. The van der Waals surface area contributed by atoms with Gasteiger partial charge in [-0.1, -0.05) is 0 Å². The molecule has 8 nitrogen and oxygen atoms in total. The van der Waals surface area contributed by atoms with Crippen molar-refractivity contribution < 1.29 is 19.0 Å². The number of nitrogens with zero attached hydrogens (tertiary/aromatic N) is 2. The van der Waals surface area contributed by atoms with Gasteiger partial charge in [-0.3, -0.25) is 9.59 Å². The van der Waals surface area contributed by atoms with Gasteiger partial charge in [0.1, 0.15) is 19.0 Å². The molecular formula is C26H29N3O5. The number of likely N-dealkylation sites (tertiary alicyclic amines) is 1. The number of carbonyl (C=O) groups excluding carboxylic acids is 1. The fraction of sp³-hybridized carbons (Fsp3) is 0.385. The Bertz CT molecular complexity index is 1250. The molecule has 1 fully saturated rings. The summed E-state index contributed by atoms with van der Waals surface area (Å²) in [4.78, 5) is 27.6. The van der Waals surface area contributed by atoms with Crippen LogP contribution in [0.5, 0.6) is 17.2 Å². The number of nitrogens with one attached hydrogen (secondary N) is 1. The van der Waals surface area contributed by atoms with E-state index in [1.165, 1.54) is 0 Å². The lowest BCUT2D eigenvalue weighted by atomic mass is 10.0. The SMILES string of the molecule is COc1ccc2ccc(=O)n(CCN3CCC(NC(=O)c4ccc5c(c4)OCCO5)CC3)c2c1. The highest BCUT2D eigenvalue weighted by Gasteiger charge is 2.22. The Kier molecular flexibility index (Phi) is 6.40. The van der Waals surface area contributed by atoms with Gasteiger partial charge in [0, 0.05) is 49.9 Å². The van der Waals surface area contributed by atoms with Gasteiger partial charge in [-0.25, -0.2) is 0 Å². The maximum absolute atomic E-state index is 12.7. The molecule has 1 N–H and O–H groups in total. The van der Waals surface area contributed by atoms with Crippen LogP contribution in [-0.4, -0.2) is 61.4 Å². The van der Waals surface area contributed by atoms with E-state index in [1.54, 1.807) is 31.4 Å². The van der Waals surface area contributed by atoms with E-state index in [9.17, 15) is 9.59 Å². The maximum Gasteiger partial charge on any atom is 0.251 e. The minimum absolute atomic E-state index is 0.0117. The number of aromatic nitrogens is 1. The molecule has 0 unspecified atom stereocenters. The Balaban J connectivity index is 1.16. The Labute approximate surface area is 198 Å². The molecule has 0 aliphatic carbocycles. The summed E-state index contributed by atoms with van der Waals surface area (Å²) in [6.07, 6.45) is 1.74. The lowest BCUT2D eigenvalue weighted by molar-refractivity contribution is 0.0909. The number of piperidine rings is 1. The number of amides is 1. The highest BCUT2D eigenvalue weighted by atomic mass is 16.6. The molecule has 0 saturated carbocycles. The third-order valence-electron chi connectivity index (χ3n) is 6.57. The fourth-order valence-electron chi connectivity index (χ4n) is 4.62. The van der Waals surface area contributed by atoms with Crippen molar-refractivity contribution in [1.29, 1.82) is 0 Å². The topological polar surface area (TPSA) is 82.0 Å². The second kappa shape index (κ2) is 9.77. The predicted octanol–water partition coefficient (Wildman–Crippen LogP) is 2.68. The number of hydrogen-bond donors (Lipinski definition) is 1. The average Bonchev–Trinajstić information content (AvgIpc) is 2.88. The minimum atomic E-state index is -0.0910. The number of carbonyl (C=O) groups is 1. The Morgan fingerprint density at radius 3 is 2.56 bits per heavy atom. The van der Waals surface area contributed by atoms with Crippen LogP contribution in [0.15, 0.2) is 53.3 Å². The number of pyridine rings is 1. The first-order chi connectivity index (χ1) is 16.6. The zero-order valence-corrected chi connectivity index (χ0v) is 19.3. The van der Waals surface area contributed by atoms with Crippen molar-refractivity contribution >= 4 is 16.8 Å². The summed E-state index contributed by atoms with van der Waals surface area (Å²) in [6.45, 7) is 4.15. The fourth-order valence-corrected chi connectivity index (χ4v) is 4.62. The monoisotopic (exact) mass is 463 g/mol. The van der Waals surface area contributed by atoms with Crippen LogP contribution in [0.3, 0.4) is 0 Å². The van der Waals surface area contributed by atoms with Crippen LogP contribution in [0.25, 0.3) is 10.9 Å².